The van der Waals surface area contributed by atoms with Crippen LogP contribution in [0.15, 0.2) is 47.4 Å². The Bertz CT molecular complexity index is 984. The van der Waals surface area contributed by atoms with Crippen molar-refractivity contribution in [3.05, 3.63) is 48.0 Å². The van der Waals surface area contributed by atoms with E-state index in [0.717, 1.165) is 19.3 Å². The minimum Gasteiger partial charge on any atom is -0.490 e. The third-order valence-electron chi connectivity index (χ3n) is 4.80. The number of carbonyl (C=O) groups is 1. The highest BCUT2D eigenvalue weighted by Crippen LogP contribution is 2.32. The van der Waals surface area contributed by atoms with Crippen molar-refractivity contribution >= 4 is 21.6 Å². The van der Waals surface area contributed by atoms with Gasteiger partial charge in [0.25, 0.3) is 5.91 Å². The normalized spacial score (nSPS) is 17.1. The van der Waals surface area contributed by atoms with Crippen LogP contribution in [0, 0.1) is 0 Å². The number of sulfonamides is 1. The van der Waals surface area contributed by atoms with Crippen LogP contribution in [0.3, 0.4) is 0 Å². The summed E-state index contributed by atoms with van der Waals surface area (Å²) in [5, 5.41) is 2.79. The average Bonchev–Trinajstić information content (AvgIpc) is 3.15. The van der Waals surface area contributed by atoms with E-state index in [9.17, 15) is 13.2 Å². The maximum atomic E-state index is 12.7. The van der Waals surface area contributed by atoms with E-state index in [2.05, 4.69) is 5.32 Å². The first-order valence-corrected chi connectivity index (χ1v) is 10.8. The molecule has 0 unspecified atom stereocenters. The molecule has 0 aliphatic carbocycles. The number of ether oxygens (including phenoxy) is 2. The van der Waals surface area contributed by atoms with Crippen LogP contribution in [0.1, 0.15) is 29.6 Å². The number of nitrogens with zero attached hydrogens (tertiary/aromatic N) is 1. The summed E-state index contributed by atoms with van der Waals surface area (Å²) < 4.78 is 38.1. The molecule has 4 rings (SSSR count). The summed E-state index contributed by atoms with van der Waals surface area (Å²) in [5.74, 6) is 0.850. The molecule has 8 heteroatoms. The molecule has 7 nitrogen and oxygen atoms in total. The first-order valence-electron chi connectivity index (χ1n) is 9.35. The molecule has 1 amide bonds. The Morgan fingerprint density at radius 1 is 0.929 bits per heavy atom. The number of benzene rings is 2. The number of carbonyl (C=O) groups excluding carboxylic acids is 1. The second-order valence-corrected chi connectivity index (χ2v) is 8.74. The van der Waals surface area contributed by atoms with E-state index in [1.54, 1.807) is 30.3 Å². The van der Waals surface area contributed by atoms with Crippen molar-refractivity contribution in [3.63, 3.8) is 0 Å². The zero-order valence-electron chi connectivity index (χ0n) is 15.4. The van der Waals surface area contributed by atoms with Crippen LogP contribution in [-0.4, -0.2) is 44.9 Å². The van der Waals surface area contributed by atoms with Gasteiger partial charge in [-0.3, -0.25) is 4.79 Å². The SMILES string of the molecule is O=C(Nc1ccc2c(c1)OCCCO2)c1cccc(S(=O)(=O)N2CCCC2)c1. The third kappa shape index (κ3) is 3.83. The first kappa shape index (κ1) is 18.8. The van der Waals surface area contributed by atoms with Crippen molar-refractivity contribution in [2.75, 3.05) is 31.6 Å². The number of hydrogen-bond donors (Lipinski definition) is 1. The highest BCUT2D eigenvalue weighted by Gasteiger charge is 2.27. The van der Waals surface area contributed by atoms with Gasteiger partial charge in [-0.25, -0.2) is 8.42 Å². The van der Waals surface area contributed by atoms with Crippen LogP contribution in [0.5, 0.6) is 11.5 Å². The maximum Gasteiger partial charge on any atom is 0.255 e. The molecule has 0 spiro atoms. The summed E-state index contributed by atoms with van der Waals surface area (Å²) in [4.78, 5) is 12.8. The maximum absolute atomic E-state index is 12.7. The van der Waals surface area contributed by atoms with Crippen molar-refractivity contribution in [1.29, 1.82) is 0 Å². The molecule has 1 fully saturated rings. The van der Waals surface area contributed by atoms with Gasteiger partial charge < -0.3 is 14.8 Å². The molecular formula is C20H22N2O5S. The summed E-state index contributed by atoms with van der Waals surface area (Å²) in [6.45, 7) is 2.20. The van der Waals surface area contributed by atoms with Gasteiger partial charge in [-0.2, -0.15) is 4.31 Å². The lowest BCUT2D eigenvalue weighted by Crippen LogP contribution is -2.28. The van der Waals surface area contributed by atoms with E-state index in [4.69, 9.17) is 9.47 Å². The molecule has 2 heterocycles. The number of fused-ring (bicyclic) bond motifs is 1. The molecule has 2 aromatic carbocycles. The summed E-state index contributed by atoms with van der Waals surface area (Å²) in [6, 6.07) is 11.3. The fourth-order valence-electron chi connectivity index (χ4n) is 3.32. The van der Waals surface area contributed by atoms with E-state index in [0.29, 0.717) is 43.5 Å². The summed E-state index contributed by atoms with van der Waals surface area (Å²) >= 11 is 0. The first-order chi connectivity index (χ1) is 13.5. The highest BCUT2D eigenvalue weighted by atomic mass is 32.2. The summed E-state index contributed by atoms with van der Waals surface area (Å²) in [7, 11) is -3.57. The highest BCUT2D eigenvalue weighted by molar-refractivity contribution is 7.89. The van der Waals surface area contributed by atoms with Crippen LogP contribution in [-0.2, 0) is 10.0 Å². The molecule has 28 heavy (non-hydrogen) atoms. The second kappa shape index (κ2) is 7.81. The van der Waals surface area contributed by atoms with Crippen molar-refractivity contribution in [2.24, 2.45) is 0 Å². The van der Waals surface area contributed by atoms with Gasteiger partial charge in [0.2, 0.25) is 10.0 Å². The fraction of sp³-hybridized carbons (Fsp3) is 0.350. The molecule has 148 valence electrons. The van der Waals surface area contributed by atoms with Crippen molar-refractivity contribution in [1.82, 2.24) is 4.31 Å². The molecule has 0 radical (unpaired) electrons. The number of nitrogens with one attached hydrogen (secondary N) is 1. The van der Waals surface area contributed by atoms with Gasteiger partial charge in [-0.15, -0.1) is 0 Å². The largest absolute Gasteiger partial charge is 0.490 e. The standard InChI is InChI=1S/C20H22N2O5S/c23-20(21-16-7-8-18-19(14-16)27-12-4-11-26-18)15-5-3-6-17(13-15)28(24,25)22-9-1-2-10-22/h3,5-8,13-14H,1-2,4,9-12H2,(H,21,23). The van der Waals surface area contributed by atoms with Gasteiger partial charge in [0.05, 0.1) is 18.1 Å². The van der Waals surface area contributed by atoms with Gasteiger partial charge in [0.1, 0.15) is 0 Å². The molecule has 2 aliphatic heterocycles. The van der Waals surface area contributed by atoms with E-state index in [1.807, 2.05) is 0 Å². The van der Waals surface area contributed by atoms with Gasteiger partial charge in [0.15, 0.2) is 11.5 Å². The third-order valence-corrected chi connectivity index (χ3v) is 6.70. The van der Waals surface area contributed by atoms with Crippen molar-refractivity contribution in [2.45, 2.75) is 24.2 Å². The van der Waals surface area contributed by atoms with E-state index >= 15 is 0 Å². The molecule has 2 aliphatic rings. The average molecular weight is 402 g/mol. The summed E-state index contributed by atoms with van der Waals surface area (Å²) in [6.07, 6.45) is 2.53. The Balaban J connectivity index is 1.53. The molecule has 1 N–H and O–H groups in total. The summed E-state index contributed by atoms with van der Waals surface area (Å²) in [5.41, 5.74) is 0.842. The molecule has 0 atom stereocenters. The lowest BCUT2D eigenvalue weighted by molar-refractivity contribution is 0.102. The molecule has 2 aromatic rings. The minimum atomic E-state index is -3.57. The number of anilines is 1. The lowest BCUT2D eigenvalue weighted by atomic mass is 10.2. The van der Waals surface area contributed by atoms with Crippen molar-refractivity contribution in [3.8, 4) is 11.5 Å². The topological polar surface area (TPSA) is 84.9 Å². The number of hydrogen-bond acceptors (Lipinski definition) is 5. The van der Waals surface area contributed by atoms with Gasteiger partial charge in [-0.05, 0) is 43.2 Å². The Labute approximate surface area is 164 Å². The molecule has 1 saturated heterocycles. The van der Waals surface area contributed by atoms with Gasteiger partial charge in [-0.1, -0.05) is 6.07 Å². The van der Waals surface area contributed by atoms with Crippen LogP contribution >= 0.6 is 0 Å². The fourth-order valence-corrected chi connectivity index (χ4v) is 4.88. The molecule has 0 bridgehead atoms. The number of rotatable bonds is 4. The quantitative estimate of drug-likeness (QED) is 0.850. The Morgan fingerprint density at radius 3 is 2.46 bits per heavy atom. The van der Waals surface area contributed by atoms with Crippen molar-refractivity contribution < 1.29 is 22.7 Å². The predicted molar refractivity (Wildman–Crippen MR) is 104 cm³/mol. The Kier molecular flexibility index (Phi) is 5.23. The van der Waals surface area contributed by atoms with E-state index in [-0.39, 0.29) is 16.4 Å². The van der Waals surface area contributed by atoms with Gasteiger partial charge >= 0.3 is 0 Å². The molecule has 0 aromatic heterocycles. The van der Waals surface area contributed by atoms with Crippen LogP contribution in [0.25, 0.3) is 0 Å². The molecule has 0 saturated carbocycles. The predicted octanol–water partition coefficient (Wildman–Crippen LogP) is 2.88. The van der Waals surface area contributed by atoms with Crippen LogP contribution < -0.4 is 14.8 Å². The molecular weight excluding hydrogens is 380 g/mol. The Morgan fingerprint density at radius 2 is 1.68 bits per heavy atom. The van der Waals surface area contributed by atoms with Crippen LogP contribution in [0.2, 0.25) is 0 Å². The van der Waals surface area contributed by atoms with E-state index in [1.165, 1.54) is 16.4 Å². The van der Waals surface area contributed by atoms with Crippen LogP contribution in [0.4, 0.5) is 5.69 Å². The van der Waals surface area contributed by atoms with Gasteiger partial charge in [0, 0.05) is 36.8 Å². The smallest absolute Gasteiger partial charge is 0.255 e. The lowest BCUT2D eigenvalue weighted by Gasteiger charge is -2.16. The van der Waals surface area contributed by atoms with E-state index < -0.39 is 10.0 Å². The second-order valence-electron chi connectivity index (χ2n) is 6.81. The monoisotopic (exact) mass is 402 g/mol. The zero-order valence-corrected chi connectivity index (χ0v) is 16.2. The number of amides is 1. The minimum absolute atomic E-state index is 0.140. The zero-order chi connectivity index (χ0) is 19.6. The Hall–Kier alpha value is -2.58.